The largest absolute Gasteiger partial charge is 0.489 e. The van der Waals surface area contributed by atoms with Crippen LogP contribution in [-0.2, 0) is 4.79 Å². The molecule has 17 heavy (non-hydrogen) atoms. The van der Waals surface area contributed by atoms with Crippen molar-refractivity contribution >= 4 is 11.6 Å². The highest BCUT2D eigenvalue weighted by atomic mass is 16.5. The predicted molar refractivity (Wildman–Crippen MR) is 70.2 cm³/mol. The monoisotopic (exact) mass is 233 g/mol. The van der Waals surface area contributed by atoms with Crippen molar-refractivity contribution < 1.29 is 9.53 Å². The van der Waals surface area contributed by atoms with Crippen LogP contribution in [0.15, 0.2) is 36.9 Å². The Bertz CT molecular complexity index is 386. The van der Waals surface area contributed by atoms with Gasteiger partial charge in [0.05, 0.1) is 0 Å². The molecule has 92 valence electrons. The van der Waals surface area contributed by atoms with E-state index in [0.717, 1.165) is 11.4 Å². The van der Waals surface area contributed by atoms with Crippen LogP contribution < -0.4 is 10.1 Å². The lowest BCUT2D eigenvalue weighted by Crippen LogP contribution is -2.13. The first-order valence-corrected chi connectivity index (χ1v) is 5.75. The van der Waals surface area contributed by atoms with Gasteiger partial charge in [0.1, 0.15) is 12.4 Å². The maximum atomic E-state index is 11.6. The average Bonchev–Trinajstić information content (AvgIpc) is 2.25. The van der Waals surface area contributed by atoms with Gasteiger partial charge in [0.15, 0.2) is 0 Å². The summed E-state index contributed by atoms with van der Waals surface area (Å²) in [6, 6.07) is 7.35. The lowest BCUT2D eigenvalue weighted by atomic mass is 10.1. The van der Waals surface area contributed by atoms with Gasteiger partial charge < -0.3 is 10.1 Å². The maximum absolute atomic E-state index is 11.6. The lowest BCUT2D eigenvalue weighted by molar-refractivity contribution is -0.116. The zero-order chi connectivity index (χ0) is 12.7. The molecule has 0 saturated heterocycles. The number of rotatable bonds is 6. The number of nitrogens with one attached hydrogen (secondary N) is 1. The molecule has 0 spiro atoms. The molecule has 0 saturated carbocycles. The molecule has 3 nitrogen and oxygen atoms in total. The molecule has 1 rings (SSSR count). The summed E-state index contributed by atoms with van der Waals surface area (Å²) in [5.74, 6) is 1.11. The molecule has 1 aromatic carbocycles. The normalized spacial score (nSPS) is 10.1. The first-order valence-electron chi connectivity index (χ1n) is 5.75. The van der Waals surface area contributed by atoms with E-state index in [0.29, 0.717) is 18.9 Å². The van der Waals surface area contributed by atoms with E-state index in [4.69, 9.17) is 4.74 Å². The van der Waals surface area contributed by atoms with E-state index in [2.05, 4.69) is 11.9 Å². The van der Waals surface area contributed by atoms with Crippen molar-refractivity contribution in [2.24, 2.45) is 5.92 Å². The van der Waals surface area contributed by atoms with Crippen LogP contribution in [0.25, 0.3) is 0 Å². The summed E-state index contributed by atoms with van der Waals surface area (Å²) in [6.07, 6.45) is 2.21. The van der Waals surface area contributed by atoms with Gasteiger partial charge in [0, 0.05) is 18.2 Å². The molecule has 0 bridgehead atoms. The molecule has 0 heterocycles. The van der Waals surface area contributed by atoms with Crippen LogP contribution in [0.1, 0.15) is 20.3 Å². The van der Waals surface area contributed by atoms with Gasteiger partial charge in [-0.2, -0.15) is 0 Å². The number of anilines is 1. The predicted octanol–water partition coefficient (Wildman–Crippen LogP) is 3.24. The molecule has 0 aliphatic rings. The topological polar surface area (TPSA) is 38.3 Å². The Morgan fingerprint density at radius 1 is 1.53 bits per heavy atom. The molecular weight excluding hydrogens is 214 g/mol. The Kier molecular flexibility index (Phi) is 5.27. The van der Waals surface area contributed by atoms with E-state index < -0.39 is 0 Å². The molecule has 1 amide bonds. The summed E-state index contributed by atoms with van der Waals surface area (Å²) in [4.78, 5) is 11.6. The number of hydrogen-bond acceptors (Lipinski definition) is 2. The minimum absolute atomic E-state index is 0.0286. The number of benzene rings is 1. The van der Waals surface area contributed by atoms with Gasteiger partial charge in [-0.15, -0.1) is 0 Å². The Hall–Kier alpha value is -1.77. The molecule has 1 N–H and O–H groups in total. The summed E-state index contributed by atoms with van der Waals surface area (Å²) in [7, 11) is 0. The van der Waals surface area contributed by atoms with Gasteiger partial charge >= 0.3 is 0 Å². The van der Waals surface area contributed by atoms with Crippen molar-refractivity contribution in [2.45, 2.75) is 20.3 Å². The minimum Gasteiger partial charge on any atom is -0.489 e. The highest BCUT2D eigenvalue weighted by Gasteiger charge is 2.05. The van der Waals surface area contributed by atoms with E-state index in [1.807, 2.05) is 38.1 Å². The number of carbonyl (C=O) groups excluding carboxylic acids is 1. The highest BCUT2D eigenvalue weighted by molar-refractivity contribution is 5.90. The third-order valence-corrected chi connectivity index (χ3v) is 2.08. The van der Waals surface area contributed by atoms with Gasteiger partial charge in [-0.05, 0) is 18.1 Å². The lowest BCUT2D eigenvalue weighted by Gasteiger charge is -2.09. The zero-order valence-corrected chi connectivity index (χ0v) is 10.4. The summed E-state index contributed by atoms with van der Waals surface area (Å²) in [6.45, 7) is 8.08. The molecule has 0 radical (unpaired) electrons. The third-order valence-electron chi connectivity index (χ3n) is 2.08. The molecule has 0 aliphatic heterocycles. The van der Waals surface area contributed by atoms with Crippen LogP contribution in [0.4, 0.5) is 5.69 Å². The van der Waals surface area contributed by atoms with Crippen LogP contribution in [-0.4, -0.2) is 12.5 Å². The van der Waals surface area contributed by atoms with Crippen LogP contribution in [0, 0.1) is 5.92 Å². The molecule has 3 heteroatoms. The summed E-state index contributed by atoms with van der Waals surface area (Å²) in [5, 5.41) is 2.85. The number of carbonyl (C=O) groups is 1. The van der Waals surface area contributed by atoms with E-state index >= 15 is 0 Å². The van der Waals surface area contributed by atoms with Gasteiger partial charge in [0.25, 0.3) is 0 Å². The van der Waals surface area contributed by atoms with Crippen molar-refractivity contribution in [2.75, 3.05) is 11.9 Å². The fourth-order valence-electron chi connectivity index (χ4n) is 1.40. The molecular formula is C14H19NO2. The fourth-order valence-corrected chi connectivity index (χ4v) is 1.40. The van der Waals surface area contributed by atoms with Crippen molar-refractivity contribution in [3.05, 3.63) is 36.9 Å². The number of ether oxygens (including phenoxy) is 1. The smallest absolute Gasteiger partial charge is 0.224 e. The Labute approximate surface area is 102 Å². The van der Waals surface area contributed by atoms with Crippen molar-refractivity contribution in [1.29, 1.82) is 0 Å². The van der Waals surface area contributed by atoms with E-state index in [-0.39, 0.29) is 5.91 Å². The molecule has 0 unspecified atom stereocenters. The number of amides is 1. The zero-order valence-electron chi connectivity index (χ0n) is 10.4. The SMILES string of the molecule is C=CCOc1cccc(NC(=O)CC(C)C)c1. The van der Waals surface area contributed by atoms with Crippen molar-refractivity contribution in [3.8, 4) is 5.75 Å². The Balaban J connectivity index is 2.58. The van der Waals surface area contributed by atoms with Crippen LogP contribution in [0.3, 0.4) is 0 Å². The second-order valence-corrected chi connectivity index (χ2v) is 4.27. The standard InChI is InChI=1S/C14H19NO2/c1-4-8-17-13-7-5-6-12(10-13)15-14(16)9-11(2)3/h4-7,10-11H,1,8-9H2,2-3H3,(H,15,16). The summed E-state index contributed by atoms with van der Waals surface area (Å²) < 4.78 is 5.39. The van der Waals surface area contributed by atoms with Crippen LogP contribution >= 0.6 is 0 Å². The van der Waals surface area contributed by atoms with E-state index in [1.165, 1.54) is 0 Å². The average molecular weight is 233 g/mol. The minimum atomic E-state index is 0.0286. The summed E-state index contributed by atoms with van der Waals surface area (Å²) in [5.41, 5.74) is 0.761. The van der Waals surface area contributed by atoms with E-state index in [9.17, 15) is 4.79 Å². The quantitative estimate of drug-likeness (QED) is 0.766. The molecule has 1 aromatic rings. The highest BCUT2D eigenvalue weighted by Crippen LogP contribution is 2.17. The molecule has 0 aromatic heterocycles. The van der Waals surface area contributed by atoms with E-state index in [1.54, 1.807) is 6.08 Å². The Morgan fingerprint density at radius 3 is 2.94 bits per heavy atom. The molecule has 0 fully saturated rings. The maximum Gasteiger partial charge on any atom is 0.224 e. The first-order chi connectivity index (χ1) is 8.11. The Morgan fingerprint density at radius 2 is 2.29 bits per heavy atom. The van der Waals surface area contributed by atoms with Crippen molar-refractivity contribution in [3.63, 3.8) is 0 Å². The van der Waals surface area contributed by atoms with Crippen LogP contribution in [0.2, 0.25) is 0 Å². The van der Waals surface area contributed by atoms with Crippen LogP contribution in [0.5, 0.6) is 5.75 Å². The van der Waals surface area contributed by atoms with Gasteiger partial charge in [-0.1, -0.05) is 32.6 Å². The third kappa shape index (κ3) is 5.20. The second-order valence-electron chi connectivity index (χ2n) is 4.27. The van der Waals surface area contributed by atoms with Gasteiger partial charge in [0.2, 0.25) is 5.91 Å². The first kappa shape index (κ1) is 13.3. The fraction of sp³-hybridized carbons (Fsp3) is 0.357. The van der Waals surface area contributed by atoms with Gasteiger partial charge in [-0.25, -0.2) is 0 Å². The summed E-state index contributed by atoms with van der Waals surface area (Å²) >= 11 is 0. The second kappa shape index (κ2) is 6.74. The molecule has 0 aliphatic carbocycles. The van der Waals surface area contributed by atoms with Gasteiger partial charge in [-0.3, -0.25) is 4.79 Å². The number of hydrogen-bond donors (Lipinski definition) is 1. The molecule has 0 atom stereocenters. The van der Waals surface area contributed by atoms with Crippen molar-refractivity contribution in [1.82, 2.24) is 0 Å².